The van der Waals surface area contributed by atoms with Gasteiger partial charge in [-0.3, -0.25) is 9.88 Å². The summed E-state index contributed by atoms with van der Waals surface area (Å²) in [4.78, 5) is 9.62. The van der Waals surface area contributed by atoms with Gasteiger partial charge in [-0.05, 0) is 81.2 Å². The number of hydrogen-bond acceptors (Lipinski definition) is 4. The Balaban J connectivity index is 1.50. The van der Waals surface area contributed by atoms with E-state index in [1.54, 1.807) is 0 Å². The quantitative estimate of drug-likeness (QED) is 0.468. The number of nitrogens with zero attached hydrogens (tertiary/aromatic N) is 4. The van der Waals surface area contributed by atoms with Crippen molar-refractivity contribution in [3.8, 4) is 5.69 Å². The summed E-state index contributed by atoms with van der Waals surface area (Å²) in [7, 11) is 0. The third-order valence-corrected chi connectivity index (χ3v) is 7.98. The van der Waals surface area contributed by atoms with Crippen LogP contribution in [-0.4, -0.2) is 63.9 Å². The lowest BCUT2D eigenvalue weighted by atomic mass is 9.96. The van der Waals surface area contributed by atoms with Gasteiger partial charge < -0.3 is 19.5 Å². The fourth-order valence-electron chi connectivity index (χ4n) is 5.86. The number of aryl methyl sites for hydroxylation is 3. The molecule has 0 saturated carbocycles. The van der Waals surface area contributed by atoms with E-state index in [0.29, 0.717) is 0 Å². The number of rotatable bonds is 7. The van der Waals surface area contributed by atoms with Gasteiger partial charge in [-0.1, -0.05) is 24.3 Å². The fourth-order valence-corrected chi connectivity index (χ4v) is 6.20. The standard InChI is InChI=1S/C29H37N5OS/c1-20-9-7-10-21(2)27(20)34-22(3)19-24(23(34)4)28-26(25-11-5-6-12-30-25)31-29(36)33(28)14-8-13-32-15-17-35-18-16-32/h5-7,9-12,19,26,28H,8,13-18H2,1-4H3,(H,31,36)/t26-,28-/m0/s1. The Hall–Kier alpha value is -2.74. The van der Waals surface area contributed by atoms with E-state index in [2.05, 4.69) is 83.8 Å². The molecule has 3 aromatic rings. The first-order valence-electron chi connectivity index (χ1n) is 13.0. The monoisotopic (exact) mass is 503 g/mol. The van der Waals surface area contributed by atoms with Crippen molar-refractivity contribution in [2.75, 3.05) is 39.4 Å². The molecule has 2 atom stereocenters. The molecule has 2 fully saturated rings. The van der Waals surface area contributed by atoms with Crippen LogP contribution in [0.5, 0.6) is 0 Å². The number of morpholine rings is 1. The van der Waals surface area contributed by atoms with Gasteiger partial charge in [0, 0.05) is 43.8 Å². The SMILES string of the molecule is Cc1cccc(C)c1-n1c(C)cc([C@H]2[C@H](c3ccccn3)NC(=S)N2CCCN2CCOCC2)c1C. The van der Waals surface area contributed by atoms with Gasteiger partial charge in [0.2, 0.25) is 0 Å². The van der Waals surface area contributed by atoms with Gasteiger partial charge in [0.15, 0.2) is 5.11 Å². The second-order valence-corrected chi connectivity index (χ2v) is 10.4. The molecule has 2 aromatic heterocycles. The summed E-state index contributed by atoms with van der Waals surface area (Å²) in [6.07, 6.45) is 2.93. The van der Waals surface area contributed by atoms with Crippen molar-refractivity contribution in [2.24, 2.45) is 0 Å². The van der Waals surface area contributed by atoms with Crippen LogP contribution in [0.2, 0.25) is 0 Å². The van der Waals surface area contributed by atoms with Crippen LogP contribution in [0, 0.1) is 27.7 Å². The lowest BCUT2D eigenvalue weighted by molar-refractivity contribution is 0.0365. The number of aromatic nitrogens is 2. The molecule has 36 heavy (non-hydrogen) atoms. The highest BCUT2D eigenvalue weighted by Crippen LogP contribution is 2.41. The van der Waals surface area contributed by atoms with Crippen LogP contribution in [0.4, 0.5) is 0 Å². The molecule has 6 nitrogen and oxygen atoms in total. The highest BCUT2D eigenvalue weighted by molar-refractivity contribution is 7.80. The average Bonchev–Trinajstić information content (AvgIpc) is 3.36. The number of para-hydroxylation sites is 1. The largest absolute Gasteiger partial charge is 0.379 e. The lowest BCUT2D eigenvalue weighted by Gasteiger charge is -2.30. The maximum Gasteiger partial charge on any atom is 0.170 e. The van der Waals surface area contributed by atoms with Crippen LogP contribution in [0.1, 0.15) is 52.3 Å². The van der Waals surface area contributed by atoms with Crippen LogP contribution in [0.25, 0.3) is 5.69 Å². The first-order valence-corrected chi connectivity index (χ1v) is 13.4. The highest BCUT2D eigenvalue weighted by atomic mass is 32.1. The molecule has 2 aliphatic heterocycles. The molecule has 4 heterocycles. The fraction of sp³-hybridized carbons (Fsp3) is 0.448. The van der Waals surface area contributed by atoms with Gasteiger partial charge >= 0.3 is 0 Å². The summed E-state index contributed by atoms with van der Waals surface area (Å²) in [5.74, 6) is 0. The van der Waals surface area contributed by atoms with Crippen LogP contribution in [0.3, 0.4) is 0 Å². The molecule has 5 rings (SSSR count). The zero-order valence-electron chi connectivity index (χ0n) is 21.8. The number of thiocarbonyl (C=S) groups is 1. The lowest BCUT2D eigenvalue weighted by Crippen LogP contribution is -2.39. The first-order chi connectivity index (χ1) is 17.5. The van der Waals surface area contributed by atoms with Crippen LogP contribution in [-0.2, 0) is 4.74 Å². The molecule has 0 amide bonds. The summed E-state index contributed by atoms with van der Waals surface area (Å²) >= 11 is 5.93. The van der Waals surface area contributed by atoms with Gasteiger partial charge in [-0.25, -0.2) is 0 Å². The second-order valence-electron chi connectivity index (χ2n) is 10.0. The van der Waals surface area contributed by atoms with Gasteiger partial charge in [0.05, 0.1) is 36.7 Å². The molecule has 1 N–H and O–H groups in total. The van der Waals surface area contributed by atoms with Crippen molar-refractivity contribution in [3.63, 3.8) is 0 Å². The van der Waals surface area contributed by atoms with Crippen molar-refractivity contribution in [1.29, 1.82) is 0 Å². The molecule has 0 unspecified atom stereocenters. The van der Waals surface area contributed by atoms with E-state index >= 15 is 0 Å². The van der Waals surface area contributed by atoms with E-state index < -0.39 is 0 Å². The average molecular weight is 504 g/mol. The molecule has 2 saturated heterocycles. The number of benzene rings is 1. The predicted octanol–water partition coefficient (Wildman–Crippen LogP) is 4.80. The Labute approximate surface area is 220 Å². The minimum Gasteiger partial charge on any atom is -0.379 e. The number of ether oxygens (including phenoxy) is 1. The van der Waals surface area contributed by atoms with E-state index in [9.17, 15) is 0 Å². The summed E-state index contributed by atoms with van der Waals surface area (Å²) < 4.78 is 7.94. The number of hydrogen-bond donors (Lipinski definition) is 1. The molecular weight excluding hydrogens is 466 g/mol. The topological polar surface area (TPSA) is 45.6 Å². The third kappa shape index (κ3) is 4.80. The highest BCUT2D eigenvalue weighted by Gasteiger charge is 2.41. The van der Waals surface area contributed by atoms with Gasteiger partial charge in [0.1, 0.15) is 0 Å². The van der Waals surface area contributed by atoms with E-state index in [1.807, 2.05) is 12.3 Å². The molecule has 0 radical (unpaired) electrons. The zero-order valence-corrected chi connectivity index (χ0v) is 22.6. The van der Waals surface area contributed by atoms with Crippen LogP contribution >= 0.6 is 12.2 Å². The number of pyridine rings is 1. The van der Waals surface area contributed by atoms with E-state index in [-0.39, 0.29) is 12.1 Å². The molecule has 0 aliphatic carbocycles. The van der Waals surface area contributed by atoms with Crippen LogP contribution in [0.15, 0.2) is 48.7 Å². The zero-order chi connectivity index (χ0) is 25.2. The first kappa shape index (κ1) is 24.9. The van der Waals surface area contributed by atoms with Crippen molar-refractivity contribution >= 4 is 17.3 Å². The van der Waals surface area contributed by atoms with E-state index in [1.165, 1.54) is 33.8 Å². The van der Waals surface area contributed by atoms with E-state index in [4.69, 9.17) is 21.9 Å². The molecular formula is C29H37N5OS. The maximum atomic E-state index is 5.93. The molecule has 0 spiro atoms. The Morgan fingerprint density at radius 3 is 2.44 bits per heavy atom. The van der Waals surface area contributed by atoms with Crippen molar-refractivity contribution < 1.29 is 4.74 Å². The van der Waals surface area contributed by atoms with Crippen LogP contribution < -0.4 is 5.32 Å². The number of nitrogens with one attached hydrogen (secondary N) is 1. The molecule has 0 bridgehead atoms. The summed E-state index contributed by atoms with van der Waals surface area (Å²) in [5.41, 5.74) is 8.69. The van der Waals surface area contributed by atoms with Gasteiger partial charge in [-0.2, -0.15) is 0 Å². The molecule has 1 aromatic carbocycles. The molecule has 7 heteroatoms. The molecule has 2 aliphatic rings. The minimum atomic E-state index is 0.00834. The van der Waals surface area contributed by atoms with Crippen molar-refractivity contribution in [3.05, 3.63) is 82.4 Å². The normalized spacial score (nSPS) is 20.7. The Kier molecular flexibility index (Phi) is 7.42. The minimum absolute atomic E-state index is 0.00834. The summed E-state index contributed by atoms with van der Waals surface area (Å²) in [5, 5.41) is 4.44. The predicted molar refractivity (Wildman–Crippen MR) is 149 cm³/mol. The van der Waals surface area contributed by atoms with Gasteiger partial charge in [0.25, 0.3) is 0 Å². The Morgan fingerprint density at radius 2 is 1.75 bits per heavy atom. The van der Waals surface area contributed by atoms with Crippen molar-refractivity contribution in [2.45, 2.75) is 46.2 Å². The smallest absolute Gasteiger partial charge is 0.170 e. The maximum absolute atomic E-state index is 5.93. The Morgan fingerprint density at radius 1 is 1.00 bits per heavy atom. The molecule has 190 valence electrons. The van der Waals surface area contributed by atoms with E-state index in [0.717, 1.165) is 56.6 Å². The second kappa shape index (κ2) is 10.7. The van der Waals surface area contributed by atoms with Crippen molar-refractivity contribution in [1.82, 2.24) is 24.7 Å². The summed E-state index contributed by atoms with van der Waals surface area (Å²) in [6.45, 7) is 14.5. The third-order valence-electron chi connectivity index (χ3n) is 7.63. The Bertz CT molecular complexity index is 1200. The van der Waals surface area contributed by atoms with Gasteiger partial charge in [-0.15, -0.1) is 0 Å². The summed E-state index contributed by atoms with van der Waals surface area (Å²) in [6, 6.07) is 15.1.